The van der Waals surface area contributed by atoms with Crippen LogP contribution in [0, 0.1) is 0 Å². The van der Waals surface area contributed by atoms with Crippen LogP contribution in [-0.4, -0.2) is 15.2 Å². The first kappa shape index (κ1) is 8.50. The predicted octanol–water partition coefficient (Wildman–Crippen LogP) is 2.37. The summed E-state index contributed by atoms with van der Waals surface area (Å²) in [4.78, 5) is 4.63. The Morgan fingerprint density at radius 2 is 2.06 bits per heavy atom. The Balaban J connectivity index is 1.67. The topological polar surface area (TPSA) is 41.6 Å². The van der Waals surface area contributed by atoms with Crippen LogP contribution in [0.15, 0.2) is 24.3 Å². The molecule has 16 heavy (non-hydrogen) atoms. The van der Waals surface area contributed by atoms with Gasteiger partial charge in [-0.2, -0.15) is 5.10 Å². The van der Waals surface area contributed by atoms with E-state index < -0.39 is 0 Å². The molecule has 0 aliphatic heterocycles. The first-order valence-electron chi connectivity index (χ1n) is 5.92. The Kier molecular flexibility index (Phi) is 1.56. The fourth-order valence-electron chi connectivity index (χ4n) is 2.47. The van der Waals surface area contributed by atoms with Crippen molar-refractivity contribution in [3.63, 3.8) is 0 Å². The van der Waals surface area contributed by atoms with E-state index in [1.54, 1.807) is 0 Å². The van der Waals surface area contributed by atoms with Crippen molar-refractivity contribution in [1.82, 2.24) is 15.2 Å². The lowest BCUT2D eigenvalue weighted by Gasteiger charge is -2.27. The number of H-pyrrole nitrogens is 1. The third kappa shape index (κ3) is 1.14. The molecule has 1 aromatic carbocycles. The molecule has 0 spiro atoms. The van der Waals surface area contributed by atoms with Gasteiger partial charge in [-0.1, -0.05) is 24.3 Å². The van der Waals surface area contributed by atoms with Crippen molar-refractivity contribution in [2.75, 3.05) is 0 Å². The van der Waals surface area contributed by atoms with Gasteiger partial charge < -0.3 is 0 Å². The van der Waals surface area contributed by atoms with Crippen molar-refractivity contribution >= 4 is 0 Å². The van der Waals surface area contributed by atoms with Crippen LogP contribution in [0.2, 0.25) is 0 Å². The van der Waals surface area contributed by atoms with Crippen LogP contribution < -0.4 is 0 Å². The maximum Gasteiger partial charge on any atom is 0.153 e. The molecule has 2 aliphatic rings. The fourth-order valence-corrected chi connectivity index (χ4v) is 2.47. The lowest BCUT2D eigenvalue weighted by molar-refractivity contribution is 0.663. The maximum atomic E-state index is 4.63. The maximum absolute atomic E-state index is 4.63. The molecule has 0 radical (unpaired) electrons. The zero-order valence-electron chi connectivity index (χ0n) is 8.98. The molecule has 3 nitrogen and oxygen atoms in total. The lowest BCUT2D eigenvalue weighted by Crippen LogP contribution is -2.19. The zero-order chi connectivity index (χ0) is 10.5. The second-order valence-electron chi connectivity index (χ2n) is 4.81. The molecule has 1 saturated carbocycles. The number of hydrogen-bond donors (Lipinski definition) is 1. The minimum absolute atomic E-state index is 0.455. The van der Waals surface area contributed by atoms with Crippen LogP contribution in [0.4, 0.5) is 0 Å². The molecule has 3 heteroatoms. The standard InChI is InChI=1S/C13H13N3/c1-2-4-10-9(3-1)7-11(10)13-14-12(15-16-13)8-5-6-8/h1-4,8,11H,5-7H2,(H,14,15,16). The van der Waals surface area contributed by atoms with Crippen LogP contribution >= 0.6 is 0 Å². The summed E-state index contributed by atoms with van der Waals surface area (Å²) in [5.74, 6) is 3.18. The molecule has 2 aromatic rings. The second-order valence-corrected chi connectivity index (χ2v) is 4.81. The Labute approximate surface area is 93.9 Å². The average Bonchev–Trinajstić information content (AvgIpc) is 3.01. The number of nitrogens with one attached hydrogen (secondary N) is 1. The Bertz CT molecular complexity index is 540. The van der Waals surface area contributed by atoms with Crippen LogP contribution in [0.3, 0.4) is 0 Å². The molecular formula is C13H13N3. The molecule has 2 aliphatic carbocycles. The van der Waals surface area contributed by atoms with E-state index in [2.05, 4.69) is 39.4 Å². The van der Waals surface area contributed by atoms with Gasteiger partial charge in [-0.25, -0.2) is 4.98 Å². The van der Waals surface area contributed by atoms with Crippen molar-refractivity contribution in [2.45, 2.75) is 31.1 Å². The van der Waals surface area contributed by atoms with Gasteiger partial charge in [0, 0.05) is 11.8 Å². The molecule has 1 heterocycles. The molecule has 1 fully saturated rings. The molecule has 80 valence electrons. The largest absolute Gasteiger partial charge is 0.263 e. The molecule has 0 saturated heterocycles. The third-order valence-electron chi connectivity index (χ3n) is 3.65. The highest BCUT2D eigenvalue weighted by atomic mass is 15.2. The minimum Gasteiger partial charge on any atom is -0.263 e. The van der Waals surface area contributed by atoms with Gasteiger partial charge in [0.1, 0.15) is 5.82 Å². The first-order chi connectivity index (χ1) is 7.92. The predicted molar refractivity (Wildman–Crippen MR) is 60.3 cm³/mol. The summed E-state index contributed by atoms with van der Waals surface area (Å²) in [5, 5.41) is 7.43. The van der Waals surface area contributed by atoms with Gasteiger partial charge in [-0.15, -0.1) is 0 Å². The van der Waals surface area contributed by atoms with Gasteiger partial charge in [0.15, 0.2) is 5.82 Å². The third-order valence-corrected chi connectivity index (χ3v) is 3.65. The van der Waals surface area contributed by atoms with E-state index in [-0.39, 0.29) is 0 Å². The van der Waals surface area contributed by atoms with E-state index in [4.69, 9.17) is 0 Å². The zero-order valence-corrected chi connectivity index (χ0v) is 8.98. The number of aromatic nitrogens is 3. The molecular weight excluding hydrogens is 198 g/mol. The molecule has 1 aromatic heterocycles. The van der Waals surface area contributed by atoms with Gasteiger partial charge >= 0.3 is 0 Å². The fraction of sp³-hybridized carbons (Fsp3) is 0.385. The lowest BCUT2D eigenvalue weighted by atomic mass is 9.77. The monoisotopic (exact) mass is 211 g/mol. The highest BCUT2D eigenvalue weighted by Crippen LogP contribution is 2.41. The van der Waals surface area contributed by atoms with Crippen molar-refractivity contribution in [2.24, 2.45) is 0 Å². The summed E-state index contributed by atoms with van der Waals surface area (Å²) in [7, 11) is 0. The van der Waals surface area contributed by atoms with E-state index in [0.717, 1.165) is 18.1 Å². The van der Waals surface area contributed by atoms with Crippen LogP contribution in [-0.2, 0) is 6.42 Å². The summed E-state index contributed by atoms with van der Waals surface area (Å²) in [6, 6.07) is 8.60. The molecule has 1 unspecified atom stereocenters. The Morgan fingerprint density at radius 3 is 2.88 bits per heavy atom. The average molecular weight is 211 g/mol. The number of benzene rings is 1. The van der Waals surface area contributed by atoms with E-state index in [0.29, 0.717) is 11.8 Å². The van der Waals surface area contributed by atoms with Gasteiger partial charge in [0.2, 0.25) is 0 Å². The normalized spacial score (nSPS) is 22.6. The Hall–Kier alpha value is -1.64. The number of hydrogen-bond acceptors (Lipinski definition) is 2. The van der Waals surface area contributed by atoms with Gasteiger partial charge in [0.25, 0.3) is 0 Å². The van der Waals surface area contributed by atoms with Gasteiger partial charge in [0.05, 0.1) is 0 Å². The number of nitrogens with zero attached hydrogens (tertiary/aromatic N) is 2. The summed E-state index contributed by atoms with van der Waals surface area (Å²) in [6.45, 7) is 0. The van der Waals surface area contributed by atoms with Crippen molar-refractivity contribution in [3.05, 3.63) is 47.0 Å². The summed E-state index contributed by atoms with van der Waals surface area (Å²) >= 11 is 0. The van der Waals surface area contributed by atoms with Crippen LogP contribution in [0.5, 0.6) is 0 Å². The van der Waals surface area contributed by atoms with Crippen molar-refractivity contribution in [3.8, 4) is 0 Å². The van der Waals surface area contributed by atoms with Gasteiger partial charge in [-0.3, -0.25) is 5.10 Å². The number of rotatable bonds is 2. The number of aromatic amines is 1. The quantitative estimate of drug-likeness (QED) is 0.828. The summed E-state index contributed by atoms with van der Waals surface area (Å²) in [6.07, 6.45) is 3.63. The Morgan fingerprint density at radius 1 is 1.19 bits per heavy atom. The first-order valence-corrected chi connectivity index (χ1v) is 5.92. The van der Waals surface area contributed by atoms with Crippen LogP contribution in [0.1, 0.15) is 47.5 Å². The smallest absolute Gasteiger partial charge is 0.153 e. The SMILES string of the molecule is c1ccc2c(c1)CC2c1nc(C2CC2)n[nH]1. The van der Waals surface area contributed by atoms with Gasteiger partial charge in [-0.05, 0) is 30.4 Å². The molecule has 0 amide bonds. The summed E-state index contributed by atoms with van der Waals surface area (Å²) in [5.41, 5.74) is 2.87. The van der Waals surface area contributed by atoms with E-state index >= 15 is 0 Å². The van der Waals surface area contributed by atoms with Crippen molar-refractivity contribution in [1.29, 1.82) is 0 Å². The molecule has 4 rings (SSSR count). The minimum atomic E-state index is 0.455. The molecule has 1 atom stereocenters. The summed E-state index contributed by atoms with van der Waals surface area (Å²) < 4.78 is 0. The van der Waals surface area contributed by atoms with Crippen molar-refractivity contribution < 1.29 is 0 Å². The van der Waals surface area contributed by atoms with Crippen LogP contribution in [0.25, 0.3) is 0 Å². The molecule has 0 bridgehead atoms. The van der Waals surface area contributed by atoms with E-state index in [9.17, 15) is 0 Å². The highest BCUT2D eigenvalue weighted by Gasteiger charge is 2.32. The highest BCUT2D eigenvalue weighted by molar-refractivity contribution is 5.43. The second kappa shape index (κ2) is 2.94. The van der Waals surface area contributed by atoms with E-state index in [1.165, 1.54) is 24.0 Å². The molecule has 1 N–H and O–H groups in total. The van der Waals surface area contributed by atoms with E-state index in [1.807, 2.05) is 0 Å². The number of fused-ring (bicyclic) bond motifs is 1.